The van der Waals surface area contributed by atoms with Crippen LogP contribution in [0.1, 0.15) is 64.2 Å². The van der Waals surface area contributed by atoms with Crippen LogP contribution in [0.5, 0.6) is 0 Å². The number of unbranched alkanes of at least 4 members (excludes halogenated alkanes) is 8. The fourth-order valence-electron chi connectivity index (χ4n) is 3.31. The number of carbonyl (C=O) groups is 1. The Labute approximate surface area is 186 Å². The van der Waals surface area contributed by atoms with Crippen LogP contribution in [0.25, 0.3) is 11.0 Å². The highest BCUT2D eigenvalue weighted by Gasteiger charge is 2.19. The van der Waals surface area contributed by atoms with Crippen LogP contribution in [-0.2, 0) is 9.53 Å². The maximum Gasteiger partial charge on any atom is 0.305 e. The minimum atomic E-state index is -1.00. The highest BCUT2D eigenvalue weighted by molar-refractivity contribution is 5.93. The van der Waals surface area contributed by atoms with Crippen molar-refractivity contribution in [3.8, 4) is 0 Å². The van der Waals surface area contributed by atoms with E-state index in [-0.39, 0.29) is 23.8 Å². The van der Waals surface area contributed by atoms with Gasteiger partial charge in [0.05, 0.1) is 17.2 Å². The van der Waals surface area contributed by atoms with Crippen LogP contribution in [0.2, 0.25) is 0 Å². The number of rotatable bonds is 17. The summed E-state index contributed by atoms with van der Waals surface area (Å²) in [4.78, 5) is 22.0. The molecule has 1 aromatic carbocycles. The number of benzene rings is 1. The van der Waals surface area contributed by atoms with Crippen molar-refractivity contribution >= 4 is 28.4 Å². The van der Waals surface area contributed by atoms with Gasteiger partial charge in [0.2, 0.25) is 5.52 Å². The van der Waals surface area contributed by atoms with Gasteiger partial charge >= 0.3 is 11.7 Å². The first-order chi connectivity index (χ1) is 15.5. The number of carbonyl (C=O) groups excluding carboxylic acids is 1. The Morgan fingerprint density at radius 2 is 1.69 bits per heavy atom. The van der Waals surface area contributed by atoms with Gasteiger partial charge in [-0.25, -0.2) is 4.63 Å². The number of ether oxygens (including phenoxy) is 1. The summed E-state index contributed by atoms with van der Waals surface area (Å²) in [5.41, 5.74) is 1.08. The number of esters is 1. The van der Waals surface area contributed by atoms with E-state index in [0.29, 0.717) is 17.6 Å². The van der Waals surface area contributed by atoms with Crippen molar-refractivity contribution in [2.24, 2.45) is 0 Å². The third-order valence-electron chi connectivity index (χ3n) is 5.11. The quantitative estimate of drug-likeness (QED) is 0.140. The Balaban J connectivity index is 1.45. The first-order valence-corrected chi connectivity index (χ1v) is 11.1. The van der Waals surface area contributed by atoms with Gasteiger partial charge in [0.1, 0.15) is 12.7 Å². The zero-order valence-electron chi connectivity index (χ0n) is 18.2. The number of hydrogen-bond acceptors (Lipinski definition) is 10. The van der Waals surface area contributed by atoms with Crippen molar-refractivity contribution in [1.82, 2.24) is 10.3 Å². The lowest BCUT2D eigenvalue weighted by molar-refractivity contribution is -0.383. The number of fused-ring (bicyclic) bond motifs is 1. The monoisotopic (exact) mass is 452 g/mol. The lowest BCUT2D eigenvalue weighted by Gasteiger charge is -2.08. The van der Waals surface area contributed by atoms with E-state index in [0.717, 1.165) is 64.3 Å². The number of nitrogens with zero attached hydrogens (tertiary/aromatic N) is 3. The summed E-state index contributed by atoms with van der Waals surface area (Å²) >= 11 is 0. The van der Waals surface area contributed by atoms with Gasteiger partial charge in [0.25, 0.3) is 0 Å². The molecule has 1 heterocycles. The van der Waals surface area contributed by atoms with Gasteiger partial charge in [-0.05, 0) is 29.2 Å². The van der Waals surface area contributed by atoms with E-state index in [4.69, 9.17) is 14.9 Å². The third-order valence-corrected chi connectivity index (χ3v) is 5.11. The predicted molar refractivity (Wildman–Crippen MR) is 117 cm³/mol. The number of non-ortho nitro benzene ring substituents is 1. The Morgan fingerprint density at radius 1 is 1.06 bits per heavy atom. The fourth-order valence-corrected chi connectivity index (χ4v) is 3.31. The summed E-state index contributed by atoms with van der Waals surface area (Å²) < 4.78 is 9.51. The summed E-state index contributed by atoms with van der Waals surface area (Å²) in [6.45, 7) is 0.180. The van der Waals surface area contributed by atoms with Crippen LogP contribution < -0.4 is 5.32 Å². The molecule has 0 spiro atoms. The van der Waals surface area contributed by atoms with Crippen LogP contribution in [0, 0.1) is 10.1 Å². The number of aliphatic hydroxyl groups excluding tert-OH is 2. The molecule has 2 aromatic rings. The zero-order valence-corrected chi connectivity index (χ0v) is 18.2. The zero-order chi connectivity index (χ0) is 23.2. The Kier molecular flexibility index (Phi) is 11.4. The number of nitro benzene ring substituents is 1. The first-order valence-electron chi connectivity index (χ1n) is 11.1. The van der Waals surface area contributed by atoms with Crippen molar-refractivity contribution in [1.29, 1.82) is 0 Å². The Morgan fingerprint density at radius 3 is 2.34 bits per heavy atom. The fraction of sp³-hybridized carbons (Fsp3) is 0.667. The molecule has 0 aliphatic rings. The largest absolute Gasteiger partial charge is 0.463 e. The molecule has 0 aliphatic carbocycles. The molecule has 11 heteroatoms. The normalized spacial score (nSPS) is 12.1. The molecule has 178 valence electrons. The highest BCUT2D eigenvalue weighted by Crippen LogP contribution is 2.28. The Hall–Kier alpha value is -2.79. The van der Waals surface area contributed by atoms with E-state index in [1.165, 1.54) is 6.07 Å². The number of aromatic nitrogens is 2. The second kappa shape index (κ2) is 14.3. The lowest BCUT2D eigenvalue weighted by atomic mass is 10.1. The van der Waals surface area contributed by atoms with E-state index in [1.54, 1.807) is 6.07 Å². The van der Waals surface area contributed by atoms with Gasteiger partial charge in [-0.3, -0.25) is 14.9 Å². The molecule has 0 amide bonds. The number of nitrogens with one attached hydrogen (secondary N) is 1. The first kappa shape index (κ1) is 25.5. The van der Waals surface area contributed by atoms with Crippen molar-refractivity contribution in [2.75, 3.05) is 25.1 Å². The van der Waals surface area contributed by atoms with Gasteiger partial charge in [0, 0.05) is 19.0 Å². The SMILES string of the molecule is O=C(CCCCCCCCCCCNc1ccc([N+](=O)[O-])c2nonc12)OC[C@@H](O)CO. The summed E-state index contributed by atoms with van der Waals surface area (Å²) in [6, 6.07) is 3.03. The molecule has 2 rings (SSSR count). The van der Waals surface area contributed by atoms with Gasteiger partial charge in [0.15, 0.2) is 5.52 Å². The maximum absolute atomic E-state index is 11.4. The topological polar surface area (TPSA) is 161 Å². The molecule has 0 radical (unpaired) electrons. The highest BCUT2D eigenvalue weighted by atomic mass is 16.6. The molecule has 0 saturated heterocycles. The summed E-state index contributed by atoms with van der Waals surface area (Å²) in [5.74, 6) is -0.333. The summed E-state index contributed by atoms with van der Waals surface area (Å²) in [5, 5.41) is 39.4. The molecule has 0 aliphatic heterocycles. The molecule has 3 N–H and O–H groups in total. The average molecular weight is 453 g/mol. The van der Waals surface area contributed by atoms with E-state index >= 15 is 0 Å². The van der Waals surface area contributed by atoms with Gasteiger partial charge in [-0.1, -0.05) is 44.9 Å². The van der Waals surface area contributed by atoms with Crippen molar-refractivity contribution in [3.63, 3.8) is 0 Å². The van der Waals surface area contributed by atoms with Crippen LogP contribution in [-0.4, -0.2) is 57.3 Å². The van der Waals surface area contributed by atoms with E-state index in [1.807, 2.05) is 0 Å². The van der Waals surface area contributed by atoms with E-state index in [2.05, 4.69) is 20.3 Å². The Bertz CT molecular complexity index is 843. The molecule has 11 nitrogen and oxygen atoms in total. The molecule has 0 fully saturated rings. The van der Waals surface area contributed by atoms with Crippen LogP contribution in [0.3, 0.4) is 0 Å². The smallest absolute Gasteiger partial charge is 0.305 e. The van der Waals surface area contributed by atoms with Crippen LogP contribution >= 0.6 is 0 Å². The molecule has 0 saturated carbocycles. The van der Waals surface area contributed by atoms with E-state index < -0.39 is 17.6 Å². The van der Waals surface area contributed by atoms with Crippen molar-refractivity contribution in [3.05, 3.63) is 22.2 Å². The van der Waals surface area contributed by atoms with E-state index in [9.17, 15) is 14.9 Å². The molecular weight excluding hydrogens is 420 g/mol. The minimum absolute atomic E-state index is 0.121. The number of anilines is 1. The lowest BCUT2D eigenvalue weighted by Crippen LogP contribution is -2.21. The summed E-state index contributed by atoms with van der Waals surface area (Å²) in [7, 11) is 0. The minimum Gasteiger partial charge on any atom is -0.463 e. The molecule has 32 heavy (non-hydrogen) atoms. The second-order valence-electron chi connectivity index (χ2n) is 7.73. The molecule has 1 atom stereocenters. The van der Waals surface area contributed by atoms with Gasteiger partial charge in [-0.15, -0.1) is 0 Å². The van der Waals surface area contributed by atoms with Gasteiger partial charge < -0.3 is 20.3 Å². The average Bonchev–Trinajstić information content (AvgIpc) is 3.28. The van der Waals surface area contributed by atoms with Crippen LogP contribution in [0.15, 0.2) is 16.8 Å². The number of nitro groups is 1. The molecule has 0 bridgehead atoms. The standard InChI is InChI=1S/C21H32N4O7/c26-14-16(27)15-31-19(28)10-8-6-4-2-1-3-5-7-9-13-22-17-11-12-18(25(29)30)21-20(17)23-32-24-21/h11-12,16,22,26-27H,1-10,13-15H2/t16-/m0/s1. The maximum atomic E-state index is 11.4. The van der Waals surface area contributed by atoms with Crippen molar-refractivity contribution in [2.45, 2.75) is 70.3 Å². The van der Waals surface area contributed by atoms with Crippen LogP contribution in [0.4, 0.5) is 11.4 Å². The van der Waals surface area contributed by atoms with Crippen molar-refractivity contribution < 1.29 is 29.3 Å². The summed E-state index contributed by atoms with van der Waals surface area (Å²) in [6.07, 6.45) is 8.84. The molecular formula is C21H32N4O7. The second-order valence-corrected chi connectivity index (χ2v) is 7.73. The predicted octanol–water partition coefficient (Wildman–Crippen LogP) is 3.34. The number of hydrogen-bond donors (Lipinski definition) is 3. The third kappa shape index (κ3) is 8.75. The van der Waals surface area contributed by atoms with Gasteiger partial charge in [-0.2, -0.15) is 0 Å². The molecule has 0 unspecified atom stereocenters. The molecule has 1 aromatic heterocycles. The number of aliphatic hydroxyl groups is 2.